The Morgan fingerprint density at radius 2 is 2.06 bits per heavy atom. The third-order valence-electron chi connectivity index (χ3n) is 2.86. The van der Waals surface area contributed by atoms with Crippen LogP contribution in [0, 0.1) is 0 Å². The molecule has 0 saturated carbocycles. The van der Waals surface area contributed by atoms with E-state index in [0.717, 1.165) is 13.0 Å². The van der Waals surface area contributed by atoms with Crippen LogP contribution in [0.15, 0.2) is 9.59 Å². The lowest BCUT2D eigenvalue weighted by Crippen LogP contribution is -2.29. The van der Waals surface area contributed by atoms with E-state index in [9.17, 15) is 9.59 Å². The zero-order valence-electron chi connectivity index (χ0n) is 10.8. The van der Waals surface area contributed by atoms with Gasteiger partial charge in [-0.15, -0.1) is 0 Å². The molecule has 2 N–H and O–H groups in total. The van der Waals surface area contributed by atoms with Gasteiger partial charge in [-0.25, -0.2) is 4.79 Å². The van der Waals surface area contributed by atoms with E-state index >= 15 is 0 Å². The predicted molar refractivity (Wildman–Crippen MR) is 70.0 cm³/mol. The minimum absolute atomic E-state index is 0.396. The fourth-order valence-corrected chi connectivity index (χ4v) is 1.91. The van der Waals surface area contributed by atoms with Crippen LogP contribution in [-0.2, 0) is 13.6 Å². The van der Waals surface area contributed by atoms with Crippen molar-refractivity contribution in [2.24, 2.45) is 7.05 Å². The van der Waals surface area contributed by atoms with E-state index in [1.807, 2.05) is 6.92 Å². The number of fused-ring (bicyclic) bond motifs is 1. The highest BCUT2D eigenvalue weighted by Gasteiger charge is 2.15. The summed E-state index contributed by atoms with van der Waals surface area (Å²) in [5.74, 6) is 0.626. The molecule has 7 heteroatoms. The average molecular weight is 251 g/mol. The van der Waals surface area contributed by atoms with Gasteiger partial charge in [-0.1, -0.05) is 6.92 Å². The molecule has 0 bridgehead atoms. The van der Waals surface area contributed by atoms with Gasteiger partial charge in [0, 0.05) is 20.1 Å². The highest BCUT2D eigenvalue weighted by molar-refractivity contribution is 5.74. The molecule has 0 aliphatic rings. The number of aromatic nitrogens is 4. The molecule has 0 fully saturated rings. The van der Waals surface area contributed by atoms with Crippen molar-refractivity contribution in [3.05, 3.63) is 20.8 Å². The largest absolute Gasteiger partial charge is 0.356 e. The smallest absolute Gasteiger partial charge is 0.329 e. The van der Waals surface area contributed by atoms with Crippen LogP contribution in [0.3, 0.4) is 0 Å². The van der Waals surface area contributed by atoms with E-state index in [-0.39, 0.29) is 0 Å². The van der Waals surface area contributed by atoms with Crippen molar-refractivity contribution in [1.29, 1.82) is 0 Å². The van der Waals surface area contributed by atoms with Crippen molar-refractivity contribution in [3.63, 3.8) is 0 Å². The number of nitrogens with one attached hydrogen (secondary N) is 2. The van der Waals surface area contributed by atoms with Crippen LogP contribution >= 0.6 is 0 Å². The molecule has 0 radical (unpaired) electrons. The SMILES string of the molecule is CCCNc1nc2c(c(=O)[nH]c(=O)n2C)n1CC. The Hall–Kier alpha value is -2.05. The maximum atomic E-state index is 11.9. The molecule has 7 nitrogen and oxygen atoms in total. The van der Waals surface area contributed by atoms with Gasteiger partial charge in [-0.3, -0.25) is 14.3 Å². The molecule has 0 aliphatic heterocycles. The minimum atomic E-state index is -0.449. The Balaban J connectivity index is 2.76. The van der Waals surface area contributed by atoms with Gasteiger partial charge in [0.05, 0.1) is 0 Å². The fraction of sp³-hybridized carbons (Fsp3) is 0.545. The number of H-pyrrole nitrogens is 1. The van der Waals surface area contributed by atoms with Crippen LogP contribution in [-0.4, -0.2) is 25.6 Å². The summed E-state index contributed by atoms with van der Waals surface area (Å²) in [5, 5.41) is 3.16. The number of anilines is 1. The van der Waals surface area contributed by atoms with Crippen molar-refractivity contribution >= 4 is 17.1 Å². The first-order valence-electron chi connectivity index (χ1n) is 6.03. The second-order valence-electron chi connectivity index (χ2n) is 4.10. The molecule has 98 valence electrons. The van der Waals surface area contributed by atoms with Crippen molar-refractivity contribution < 1.29 is 0 Å². The molecular formula is C11H17N5O2. The monoisotopic (exact) mass is 251 g/mol. The Labute approximate surface area is 103 Å². The molecular weight excluding hydrogens is 234 g/mol. The third kappa shape index (κ3) is 1.81. The van der Waals surface area contributed by atoms with Gasteiger partial charge in [0.1, 0.15) is 0 Å². The predicted octanol–water partition coefficient (Wildman–Crippen LogP) is 0.265. The number of aromatic amines is 1. The minimum Gasteiger partial charge on any atom is -0.356 e. The van der Waals surface area contributed by atoms with Crippen LogP contribution in [0.5, 0.6) is 0 Å². The van der Waals surface area contributed by atoms with Crippen molar-refractivity contribution in [3.8, 4) is 0 Å². The molecule has 0 aromatic carbocycles. The van der Waals surface area contributed by atoms with Gasteiger partial charge in [-0.05, 0) is 13.3 Å². The van der Waals surface area contributed by atoms with E-state index < -0.39 is 11.2 Å². The van der Waals surface area contributed by atoms with E-state index in [4.69, 9.17) is 0 Å². The summed E-state index contributed by atoms with van der Waals surface area (Å²) in [6, 6.07) is 0. The fourth-order valence-electron chi connectivity index (χ4n) is 1.91. The number of aryl methyl sites for hydroxylation is 2. The number of nitrogens with zero attached hydrogens (tertiary/aromatic N) is 3. The summed E-state index contributed by atoms with van der Waals surface area (Å²) in [7, 11) is 1.59. The molecule has 0 amide bonds. The van der Waals surface area contributed by atoms with Crippen LogP contribution in [0.2, 0.25) is 0 Å². The number of rotatable bonds is 4. The lowest BCUT2D eigenvalue weighted by atomic mass is 10.5. The van der Waals surface area contributed by atoms with Gasteiger partial charge >= 0.3 is 5.69 Å². The highest BCUT2D eigenvalue weighted by atomic mass is 16.2. The zero-order chi connectivity index (χ0) is 13.3. The third-order valence-corrected chi connectivity index (χ3v) is 2.86. The first-order valence-corrected chi connectivity index (χ1v) is 6.03. The quantitative estimate of drug-likeness (QED) is 0.816. The van der Waals surface area contributed by atoms with Gasteiger partial charge in [0.2, 0.25) is 5.95 Å². The molecule has 18 heavy (non-hydrogen) atoms. The van der Waals surface area contributed by atoms with Crippen molar-refractivity contribution in [2.75, 3.05) is 11.9 Å². The molecule has 2 heterocycles. The van der Waals surface area contributed by atoms with Crippen LogP contribution < -0.4 is 16.6 Å². The van der Waals surface area contributed by atoms with Gasteiger partial charge in [-0.2, -0.15) is 4.98 Å². The second kappa shape index (κ2) is 4.67. The molecule has 2 aromatic heterocycles. The summed E-state index contributed by atoms with van der Waals surface area (Å²) in [6.45, 7) is 5.37. The Kier molecular flexibility index (Phi) is 3.22. The summed E-state index contributed by atoms with van der Waals surface area (Å²) >= 11 is 0. The first kappa shape index (κ1) is 12.4. The van der Waals surface area contributed by atoms with E-state index in [2.05, 4.69) is 22.2 Å². The molecule has 0 unspecified atom stereocenters. The molecule has 0 atom stereocenters. The lowest BCUT2D eigenvalue weighted by molar-refractivity contribution is 0.775. The second-order valence-corrected chi connectivity index (χ2v) is 4.10. The Bertz CT molecular complexity index is 679. The van der Waals surface area contributed by atoms with Gasteiger partial charge in [0.15, 0.2) is 11.2 Å². The van der Waals surface area contributed by atoms with E-state index in [0.29, 0.717) is 23.7 Å². The zero-order valence-corrected chi connectivity index (χ0v) is 10.8. The maximum absolute atomic E-state index is 11.9. The Morgan fingerprint density at radius 3 is 2.67 bits per heavy atom. The van der Waals surface area contributed by atoms with Gasteiger partial charge < -0.3 is 9.88 Å². The maximum Gasteiger partial charge on any atom is 0.329 e. The standard InChI is InChI=1S/C11H17N5O2/c1-4-6-12-10-13-8-7(16(10)5-2)9(17)14-11(18)15(8)3/h4-6H2,1-3H3,(H,12,13)(H,14,17,18). The highest BCUT2D eigenvalue weighted by Crippen LogP contribution is 2.14. The Morgan fingerprint density at radius 1 is 1.33 bits per heavy atom. The van der Waals surface area contributed by atoms with Crippen LogP contribution in [0.4, 0.5) is 5.95 Å². The van der Waals surface area contributed by atoms with Crippen LogP contribution in [0.1, 0.15) is 20.3 Å². The van der Waals surface area contributed by atoms with E-state index in [1.165, 1.54) is 4.57 Å². The van der Waals surface area contributed by atoms with Crippen LogP contribution in [0.25, 0.3) is 11.2 Å². The summed E-state index contributed by atoms with van der Waals surface area (Å²) < 4.78 is 3.13. The summed E-state index contributed by atoms with van der Waals surface area (Å²) in [6.07, 6.45) is 0.961. The summed E-state index contributed by atoms with van der Waals surface area (Å²) in [4.78, 5) is 30.0. The van der Waals surface area contributed by atoms with E-state index in [1.54, 1.807) is 11.6 Å². The average Bonchev–Trinajstić information content (AvgIpc) is 2.72. The molecule has 2 rings (SSSR count). The molecule has 0 spiro atoms. The topological polar surface area (TPSA) is 84.7 Å². The van der Waals surface area contributed by atoms with Crippen molar-refractivity contribution in [2.45, 2.75) is 26.8 Å². The number of hydrogen-bond donors (Lipinski definition) is 2. The normalized spacial score (nSPS) is 11.1. The number of imidazole rings is 1. The van der Waals surface area contributed by atoms with Crippen molar-refractivity contribution in [1.82, 2.24) is 19.1 Å². The summed E-state index contributed by atoms with van der Waals surface area (Å²) in [5.41, 5.74) is -0.00954. The molecule has 0 aliphatic carbocycles. The first-order chi connectivity index (χ1) is 8.60. The lowest BCUT2D eigenvalue weighted by Gasteiger charge is -2.06. The molecule has 2 aromatic rings. The number of hydrogen-bond acceptors (Lipinski definition) is 4. The van der Waals surface area contributed by atoms with Gasteiger partial charge in [0.25, 0.3) is 5.56 Å². The molecule has 0 saturated heterocycles.